The first kappa shape index (κ1) is 19.9. The molecule has 0 saturated carbocycles. The molecule has 0 bridgehead atoms. The topological polar surface area (TPSA) is 96.9 Å². The second kappa shape index (κ2) is 8.16. The molecule has 2 aliphatic rings. The fourth-order valence-corrected chi connectivity index (χ4v) is 5.73. The lowest BCUT2D eigenvalue weighted by Gasteiger charge is -2.32. The second-order valence-corrected chi connectivity index (χ2v) is 9.40. The second-order valence-electron chi connectivity index (χ2n) is 7.52. The van der Waals surface area contributed by atoms with Crippen molar-refractivity contribution >= 4 is 28.1 Å². The minimum absolute atomic E-state index is 0.0737. The van der Waals surface area contributed by atoms with E-state index in [0.29, 0.717) is 37.4 Å². The van der Waals surface area contributed by atoms with Crippen LogP contribution in [0.1, 0.15) is 42.9 Å². The number of carbonyl (C=O) groups is 1. The first-order valence-corrected chi connectivity index (χ1v) is 11.4. The van der Waals surface area contributed by atoms with E-state index in [0.717, 1.165) is 25.9 Å². The van der Waals surface area contributed by atoms with E-state index >= 15 is 0 Å². The van der Waals surface area contributed by atoms with Gasteiger partial charge < -0.3 is 13.8 Å². The molecule has 2 aromatic rings. The number of sulfonamides is 1. The molecule has 4 rings (SSSR count). The predicted octanol–water partition coefficient (Wildman–Crippen LogP) is 2.77. The summed E-state index contributed by atoms with van der Waals surface area (Å²) in [6.07, 6.45) is 7.92. The third-order valence-corrected chi connectivity index (χ3v) is 7.65. The maximum Gasteiger partial charge on any atom is 0.248 e. The number of hydrogen-bond acceptors (Lipinski definition) is 6. The van der Waals surface area contributed by atoms with Crippen LogP contribution in [0.5, 0.6) is 0 Å². The van der Waals surface area contributed by atoms with Crippen molar-refractivity contribution < 1.29 is 22.2 Å². The molecule has 0 unspecified atom stereocenters. The first-order chi connectivity index (χ1) is 14.0. The molecule has 8 nitrogen and oxygen atoms in total. The number of rotatable bonds is 5. The van der Waals surface area contributed by atoms with E-state index in [2.05, 4.69) is 5.16 Å². The first-order valence-electron chi connectivity index (χ1n) is 9.93. The monoisotopic (exact) mass is 419 g/mol. The molecular weight excluding hydrogens is 394 g/mol. The van der Waals surface area contributed by atoms with Crippen LogP contribution in [0.4, 0.5) is 0 Å². The number of hydrogen-bond donors (Lipinski definition) is 0. The molecule has 4 heterocycles. The normalized spacial score (nSPS) is 19.4. The Labute approximate surface area is 170 Å². The molecule has 29 heavy (non-hydrogen) atoms. The van der Waals surface area contributed by atoms with Crippen molar-refractivity contribution in [2.45, 2.75) is 37.5 Å². The van der Waals surface area contributed by atoms with Crippen molar-refractivity contribution in [3.63, 3.8) is 0 Å². The van der Waals surface area contributed by atoms with Gasteiger partial charge in [0.25, 0.3) is 0 Å². The summed E-state index contributed by atoms with van der Waals surface area (Å²) in [4.78, 5) is 14.6. The molecule has 0 N–H and O–H groups in total. The molecule has 0 aliphatic carbocycles. The van der Waals surface area contributed by atoms with Gasteiger partial charge in [0.1, 0.15) is 11.5 Å². The lowest BCUT2D eigenvalue weighted by Crippen LogP contribution is -2.43. The van der Waals surface area contributed by atoms with Gasteiger partial charge in [-0.25, -0.2) is 8.42 Å². The Bertz CT molecular complexity index is 979. The highest BCUT2D eigenvalue weighted by Crippen LogP contribution is 2.30. The van der Waals surface area contributed by atoms with E-state index in [4.69, 9.17) is 8.94 Å². The van der Waals surface area contributed by atoms with Gasteiger partial charge in [-0.3, -0.25) is 4.79 Å². The Morgan fingerprint density at radius 2 is 1.90 bits per heavy atom. The summed E-state index contributed by atoms with van der Waals surface area (Å²) in [7, 11) is -3.77. The molecule has 2 aliphatic heterocycles. The van der Waals surface area contributed by atoms with Crippen LogP contribution in [0.15, 0.2) is 32.2 Å². The van der Waals surface area contributed by atoms with E-state index < -0.39 is 10.0 Å². The molecule has 0 spiro atoms. The minimum atomic E-state index is -3.77. The molecule has 0 aromatic carbocycles. The van der Waals surface area contributed by atoms with Gasteiger partial charge in [0.15, 0.2) is 10.7 Å². The van der Waals surface area contributed by atoms with Crippen LogP contribution < -0.4 is 0 Å². The molecule has 0 atom stereocenters. The Kier molecular flexibility index (Phi) is 5.60. The summed E-state index contributed by atoms with van der Waals surface area (Å²) >= 11 is 0. The Balaban J connectivity index is 1.48. The number of piperidine rings is 1. The quantitative estimate of drug-likeness (QED) is 0.739. The number of carbonyl (C=O) groups excluding carboxylic acids is 1. The molecule has 156 valence electrons. The summed E-state index contributed by atoms with van der Waals surface area (Å²) in [6, 6.07) is 3.51. The summed E-state index contributed by atoms with van der Waals surface area (Å²) in [5, 5.41) is 3.85. The van der Waals surface area contributed by atoms with Crippen molar-refractivity contribution in [1.29, 1.82) is 0 Å². The lowest BCUT2D eigenvalue weighted by atomic mass is 9.97. The van der Waals surface area contributed by atoms with Gasteiger partial charge >= 0.3 is 0 Å². The maximum atomic E-state index is 13.3. The van der Waals surface area contributed by atoms with Crippen LogP contribution in [0, 0.1) is 12.8 Å². The highest BCUT2D eigenvalue weighted by atomic mass is 32.2. The van der Waals surface area contributed by atoms with E-state index in [1.165, 1.54) is 10.6 Å². The van der Waals surface area contributed by atoms with Gasteiger partial charge in [0, 0.05) is 32.1 Å². The maximum absolute atomic E-state index is 13.3. The van der Waals surface area contributed by atoms with Crippen LogP contribution in [0.25, 0.3) is 12.2 Å². The van der Waals surface area contributed by atoms with Crippen LogP contribution in [0.3, 0.4) is 0 Å². The van der Waals surface area contributed by atoms with Crippen molar-refractivity contribution in [2.75, 3.05) is 26.2 Å². The largest absolute Gasteiger partial charge is 0.465 e. The number of nitrogens with zero attached hydrogens (tertiary/aromatic N) is 3. The van der Waals surface area contributed by atoms with Gasteiger partial charge in [0.2, 0.25) is 15.9 Å². The van der Waals surface area contributed by atoms with E-state index in [1.54, 1.807) is 31.2 Å². The van der Waals surface area contributed by atoms with Crippen LogP contribution in [-0.2, 0) is 14.8 Å². The average Bonchev–Trinajstić information content (AvgIpc) is 3.48. The molecule has 2 saturated heterocycles. The minimum Gasteiger partial charge on any atom is -0.465 e. The number of furan rings is 1. The zero-order valence-electron chi connectivity index (χ0n) is 16.4. The van der Waals surface area contributed by atoms with Gasteiger partial charge in [-0.2, -0.15) is 4.31 Å². The van der Waals surface area contributed by atoms with Crippen LogP contribution in [-0.4, -0.2) is 54.9 Å². The number of amides is 1. The van der Waals surface area contributed by atoms with Crippen molar-refractivity contribution in [2.24, 2.45) is 5.92 Å². The lowest BCUT2D eigenvalue weighted by molar-refractivity contribution is -0.135. The van der Waals surface area contributed by atoms with E-state index in [1.807, 2.05) is 4.90 Å². The summed E-state index contributed by atoms with van der Waals surface area (Å²) < 4.78 is 38.4. The third kappa shape index (κ3) is 4.02. The number of likely N-dealkylation sites (tertiary alicyclic amines) is 1. The van der Waals surface area contributed by atoms with Crippen molar-refractivity contribution in [3.05, 3.63) is 35.6 Å². The zero-order chi connectivity index (χ0) is 20.4. The highest BCUT2D eigenvalue weighted by Gasteiger charge is 2.37. The molecule has 2 aromatic heterocycles. The molecule has 9 heteroatoms. The summed E-state index contributed by atoms with van der Waals surface area (Å²) in [6.45, 7) is 3.90. The third-order valence-electron chi connectivity index (χ3n) is 5.59. The van der Waals surface area contributed by atoms with Gasteiger partial charge in [-0.15, -0.1) is 0 Å². The smallest absolute Gasteiger partial charge is 0.248 e. The van der Waals surface area contributed by atoms with Crippen molar-refractivity contribution in [1.82, 2.24) is 14.4 Å². The standard InChI is InChI=1S/C20H25N3O5S/c1-15-19(18(28-21-15)7-6-17-5-4-14-27-17)29(25,26)23-12-8-16(9-13-23)20(24)22-10-2-3-11-22/h4-7,14,16H,2-3,8-13H2,1H3. The average molecular weight is 420 g/mol. The number of aryl methyl sites for hydroxylation is 1. The van der Waals surface area contributed by atoms with Crippen LogP contribution in [0.2, 0.25) is 0 Å². The van der Waals surface area contributed by atoms with Gasteiger partial charge in [-0.1, -0.05) is 5.16 Å². The number of aromatic nitrogens is 1. The molecular formula is C20H25N3O5S. The molecule has 1 amide bonds. The zero-order valence-corrected chi connectivity index (χ0v) is 17.2. The predicted molar refractivity (Wildman–Crippen MR) is 106 cm³/mol. The molecule has 2 fully saturated rings. The van der Waals surface area contributed by atoms with Gasteiger partial charge in [-0.05, 0) is 56.9 Å². The summed E-state index contributed by atoms with van der Waals surface area (Å²) in [5.74, 6) is 0.835. The van der Waals surface area contributed by atoms with E-state index in [-0.39, 0.29) is 22.5 Å². The Hall–Kier alpha value is -2.39. The van der Waals surface area contributed by atoms with Gasteiger partial charge in [0.05, 0.1) is 6.26 Å². The Morgan fingerprint density at radius 1 is 1.17 bits per heavy atom. The Morgan fingerprint density at radius 3 is 2.55 bits per heavy atom. The van der Waals surface area contributed by atoms with Crippen molar-refractivity contribution in [3.8, 4) is 0 Å². The van der Waals surface area contributed by atoms with Crippen LogP contribution >= 0.6 is 0 Å². The molecule has 0 radical (unpaired) electrons. The fraction of sp³-hybridized carbons (Fsp3) is 0.500. The van der Waals surface area contributed by atoms with E-state index in [9.17, 15) is 13.2 Å². The highest BCUT2D eigenvalue weighted by molar-refractivity contribution is 7.89. The summed E-state index contributed by atoms with van der Waals surface area (Å²) in [5.41, 5.74) is 0.319. The SMILES string of the molecule is Cc1noc(C=Cc2ccco2)c1S(=O)(=O)N1CCC(C(=O)N2CCCC2)CC1. The fourth-order valence-electron chi connectivity index (χ4n) is 4.01.